The summed E-state index contributed by atoms with van der Waals surface area (Å²) in [6, 6.07) is 12.1. The van der Waals surface area contributed by atoms with E-state index in [2.05, 4.69) is 46.1 Å². The van der Waals surface area contributed by atoms with E-state index in [9.17, 15) is 4.79 Å². The Morgan fingerprint density at radius 3 is 2.14 bits per heavy atom. The number of carbonyl (C=O) groups excluding carboxylic acids is 1. The lowest BCUT2D eigenvalue weighted by molar-refractivity contribution is -0.903. The molecule has 2 aromatic rings. The topological polar surface area (TPSA) is 35.5 Å². The predicted octanol–water partition coefficient (Wildman–Crippen LogP) is 1.95. The molecule has 0 aliphatic heterocycles. The van der Waals surface area contributed by atoms with Crippen molar-refractivity contribution in [1.82, 2.24) is 0 Å². The maximum Gasteiger partial charge on any atom is 0.172 e. The number of hydrogen-bond acceptors (Lipinski definition) is 3. The fraction of sp³-hybridized carbons (Fsp3) is 0.458. The van der Waals surface area contributed by atoms with E-state index in [1.807, 2.05) is 26.0 Å². The van der Waals surface area contributed by atoms with Gasteiger partial charge in [0.05, 0.1) is 45.8 Å². The lowest BCUT2D eigenvalue weighted by Gasteiger charge is -2.30. The van der Waals surface area contributed by atoms with Crippen molar-refractivity contribution >= 4 is 5.78 Å². The Hall–Kier alpha value is -1.85. The zero-order valence-electron chi connectivity index (χ0n) is 18.5. The standard InChI is InChI=1S/C24H34NO3.BrH/c1-7-27-21-9-10-24(28-8-2)22(16-21)23(26)11-12-25(5,6)17-20-14-18(3)13-19(4)15-20;/h9-10,13-16H,7-8,11-12,17H2,1-6H3;1H/q+1;/p-1. The summed E-state index contributed by atoms with van der Waals surface area (Å²) in [5.41, 5.74) is 4.47. The average molecular weight is 464 g/mol. The summed E-state index contributed by atoms with van der Waals surface area (Å²) in [6.07, 6.45) is 0.466. The minimum Gasteiger partial charge on any atom is -1.00 e. The zero-order valence-corrected chi connectivity index (χ0v) is 20.1. The van der Waals surface area contributed by atoms with Crippen molar-refractivity contribution in [2.24, 2.45) is 0 Å². The van der Waals surface area contributed by atoms with Crippen LogP contribution in [0.4, 0.5) is 0 Å². The number of ketones is 1. The summed E-state index contributed by atoms with van der Waals surface area (Å²) >= 11 is 0. The number of hydrogen-bond donors (Lipinski definition) is 0. The van der Waals surface area contributed by atoms with Gasteiger partial charge in [0.2, 0.25) is 0 Å². The van der Waals surface area contributed by atoms with Gasteiger partial charge in [-0.25, -0.2) is 0 Å². The Morgan fingerprint density at radius 1 is 0.931 bits per heavy atom. The largest absolute Gasteiger partial charge is 1.00 e. The molecule has 0 saturated carbocycles. The van der Waals surface area contributed by atoms with E-state index >= 15 is 0 Å². The molecule has 0 aliphatic carbocycles. The summed E-state index contributed by atoms with van der Waals surface area (Å²) < 4.78 is 12.0. The van der Waals surface area contributed by atoms with Crippen molar-refractivity contribution in [1.29, 1.82) is 0 Å². The van der Waals surface area contributed by atoms with Crippen LogP contribution in [0.1, 0.15) is 47.3 Å². The van der Waals surface area contributed by atoms with Gasteiger partial charge < -0.3 is 30.9 Å². The van der Waals surface area contributed by atoms with Crippen LogP contribution >= 0.6 is 0 Å². The second kappa shape index (κ2) is 11.4. The molecule has 0 saturated heterocycles. The normalized spacial score (nSPS) is 11.0. The van der Waals surface area contributed by atoms with Crippen LogP contribution in [0.15, 0.2) is 36.4 Å². The summed E-state index contributed by atoms with van der Waals surface area (Å²) in [5, 5.41) is 0. The van der Waals surface area contributed by atoms with Crippen molar-refractivity contribution in [2.75, 3.05) is 33.9 Å². The van der Waals surface area contributed by atoms with Gasteiger partial charge >= 0.3 is 0 Å². The van der Waals surface area contributed by atoms with Gasteiger partial charge in [0.15, 0.2) is 5.78 Å². The number of carbonyl (C=O) groups is 1. The van der Waals surface area contributed by atoms with Crippen LogP contribution in [0.5, 0.6) is 11.5 Å². The van der Waals surface area contributed by atoms with Crippen LogP contribution in [0.25, 0.3) is 0 Å². The number of Topliss-reactive ketones (excluding diaryl/α,β-unsaturated/α-hetero) is 1. The Labute approximate surface area is 186 Å². The highest BCUT2D eigenvalue weighted by Gasteiger charge is 2.21. The van der Waals surface area contributed by atoms with Gasteiger partial charge in [-0.05, 0) is 45.9 Å². The van der Waals surface area contributed by atoms with Gasteiger partial charge in [0.25, 0.3) is 0 Å². The van der Waals surface area contributed by atoms with Crippen LogP contribution in [-0.2, 0) is 6.54 Å². The minimum absolute atomic E-state index is 0. The van der Waals surface area contributed by atoms with Gasteiger partial charge in [0.1, 0.15) is 18.0 Å². The highest BCUT2D eigenvalue weighted by molar-refractivity contribution is 5.99. The molecule has 4 nitrogen and oxygen atoms in total. The molecule has 0 aromatic heterocycles. The first kappa shape index (κ1) is 25.2. The summed E-state index contributed by atoms with van der Waals surface area (Å²) in [6.45, 7) is 10.9. The Balaban J connectivity index is 0.00000420. The van der Waals surface area contributed by atoms with Gasteiger partial charge in [-0.2, -0.15) is 0 Å². The molecule has 0 unspecified atom stereocenters. The SMILES string of the molecule is CCOc1ccc(OCC)c(C(=O)CC[N+](C)(C)Cc2cc(C)cc(C)c2)c1.[Br-]. The molecule has 0 spiro atoms. The molecule has 5 heteroatoms. The number of benzene rings is 2. The van der Waals surface area contributed by atoms with Gasteiger partial charge in [0, 0.05) is 5.56 Å². The fourth-order valence-corrected chi connectivity index (χ4v) is 3.54. The van der Waals surface area contributed by atoms with Crippen LogP contribution in [0, 0.1) is 13.8 Å². The van der Waals surface area contributed by atoms with E-state index in [-0.39, 0.29) is 22.8 Å². The predicted molar refractivity (Wildman–Crippen MR) is 114 cm³/mol. The number of aryl methyl sites for hydroxylation is 2. The molecule has 0 fully saturated rings. The fourth-order valence-electron chi connectivity index (χ4n) is 3.54. The number of rotatable bonds is 10. The second-order valence-corrected chi connectivity index (χ2v) is 8.01. The number of halogens is 1. The Bertz CT molecular complexity index is 798. The molecule has 0 atom stereocenters. The molecular weight excluding hydrogens is 430 g/mol. The molecule has 0 radical (unpaired) electrons. The third-order valence-corrected chi connectivity index (χ3v) is 4.70. The van der Waals surface area contributed by atoms with Crippen LogP contribution in [-0.4, -0.2) is 44.1 Å². The number of ether oxygens (including phenoxy) is 2. The summed E-state index contributed by atoms with van der Waals surface area (Å²) in [5.74, 6) is 1.44. The van der Waals surface area contributed by atoms with Crippen molar-refractivity contribution in [3.05, 3.63) is 58.7 Å². The van der Waals surface area contributed by atoms with Crippen LogP contribution in [0.2, 0.25) is 0 Å². The van der Waals surface area contributed by atoms with Crippen molar-refractivity contribution < 1.29 is 35.7 Å². The minimum atomic E-state index is 0. The van der Waals surface area contributed by atoms with E-state index in [4.69, 9.17) is 9.47 Å². The van der Waals surface area contributed by atoms with Crippen LogP contribution < -0.4 is 26.5 Å². The maximum atomic E-state index is 13.0. The third kappa shape index (κ3) is 7.82. The first-order chi connectivity index (χ1) is 13.2. The van der Waals surface area contributed by atoms with Crippen molar-refractivity contribution in [2.45, 2.75) is 40.7 Å². The molecule has 0 amide bonds. The third-order valence-electron chi connectivity index (χ3n) is 4.70. The van der Waals surface area contributed by atoms with Crippen molar-refractivity contribution in [3.63, 3.8) is 0 Å². The van der Waals surface area contributed by atoms with Crippen LogP contribution in [0.3, 0.4) is 0 Å². The first-order valence-corrected chi connectivity index (χ1v) is 10.1. The van der Waals surface area contributed by atoms with E-state index in [1.54, 1.807) is 6.07 Å². The molecule has 0 N–H and O–H groups in total. The molecule has 29 heavy (non-hydrogen) atoms. The van der Waals surface area contributed by atoms with Crippen molar-refractivity contribution in [3.8, 4) is 11.5 Å². The number of nitrogens with zero attached hydrogens (tertiary/aromatic N) is 1. The first-order valence-electron chi connectivity index (χ1n) is 10.1. The molecule has 0 bridgehead atoms. The molecule has 0 aliphatic rings. The van der Waals surface area contributed by atoms with E-state index in [0.717, 1.165) is 17.6 Å². The Morgan fingerprint density at radius 2 is 1.55 bits per heavy atom. The second-order valence-electron chi connectivity index (χ2n) is 8.01. The van der Waals surface area contributed by atoms with E-state index in [1.165, 1.54) is 16.7 Å². The Kier molecular flexibility index (Phi) is 9.87. The molecular formula is C24H34BrNO3. The quantitative estimate of drug-likeness (QED) is 0.399. The van der Waals surface area contributed by atoms with Gasteiger partial charge in [-0.15, -0.1) is 0 Å². The van der Waals surface area contributed by atoms with Gasteiger partial charge in [-0.3, -0.25) is 4.79 Å². The smallest absolute Gasteiger partial charge is 0.172 e. The highest BCUT2D eigenvalue weighted by Crippen LogP contribution is 2.26. The molecule has 160 valence electrons. The lowest BCUT2D eigenvalue weighted by atomic mass is 10.0. The van der Waals surface area contributed by atoms with E-state index < -0.39 is 0 Å². The van der Waals surface area contributed by atoms with E-state index in [0.29, 0.717) is 36.7 Å². The molecule has 2 aromatic carbocycles. The molecule has 0 heterocycles. The molecule has 2 rings (SSSR count). The average Bonchev–Trinajstić information content (AvgIpc) is 2.60. The maximum absolute atomic E-state index is 13.0. The number of quaternary nitrogens is 1. The summed E-state index contributed by atoms with van der Waals surface area (Å²) in [7, 11) is 4.34. The van der Waals surface area contributed by atoms with Gasteiger partial charge in [-0.1, -0.05) is 29.3 Å². The lowest BCUT2D eigenvalue weighted by Crippen LogP contribution is -3.00. The zero-order chi connectivity index (χ0) is 20.7. The highest BCUT2D eigenvalue weighted by atomic mass is 79.9. The monoisotopic (exact) mass is 463 g/mol. The summed E-state index contributed by atoms with van der Waals surface area (Å²) in [4.78, 5) is 13.0.